The molecule has 0 fully saturated rings. The molecule has 0 unspecified atom stereocenters. The molecule has 0 aliphatic carbocycles. The first-order valence-electron chi connectivity index (χ1n) is 5.48. The summed E-state index contributed by atoms with van der Waals surface area (Å²) in [6.45, 7) is 3.60. The van der Waals surface area contributed by atoms with Crippen molar-refractivity contribution in [1.82, 2.24) is 0 Å². The maximum Gasteiger partial charge on any atom is 0.244 e. The van der Waals surface area contributed by atoms with Crippen molar-refractivity contribution in [2.75, 3.05) is 5.32 Å². The first kappa shape index (κ1) is 13.6. The Hall–Kier alpha value is -1.49. The molecule has 17 heavy (non-hydrogen) atoms. The Morgan fingerprint density at radius 3 is 2.35 bits per heavy atom. The Balaban J connectivity index is 2.84. The zero-order chi connectivity index (χ0) is 13.1. The summed E-state index contributed by atoms with van der Waals surface area (Å²) in [7, 11) is 0. The van der Waals surface area contributed by atoms with Gasteiger partial charge in [0.1, 0.15) is 0 Å². The monoisotopic (exact) mass is 242 g/mol. The predicted octanol–water partition coefficient (Wildman–Crippen LogP) is 2.42. The molecule has 1 aromatic rings. The van der Waals surface area contributed by atoms with Gasteiger partial charge in [-0.15, -0.1) is 0 Å². The number of carbonyl (C=O) groups excluding carboxylic acids is 1. The largest absolute Gasteiger partial charge is 0.324 e. The van der Waals surface area contributed by atoms with Crippen LogP contribution in [0.2, 0.25) is 0 Å². The molecule has 1 aromatic carbocycles. The summed E-state index contributed by atoms with van der Waals surface area (Å²) >= 11 is 0. The van der Waals surface area contributed by atoms with Gasteiger partial charge >= 0.3 is 0 Å². The number of nitrogens with one attached hydrogen (secondary N) is 1. The second-order valence-electron chi connectivity index (χ2n) is 3.95. The van der Waals surface area contributed by atoms with Crippen LogP contribution in [-0.2, 0) is 4.79 Å². The summed E-state index contributed by atoms with van der Waals surface area (Å²) in [5.41, 5.74) is 5.09. The molecule has 0 saturated carbocycles. The van der Waals surface area contributed by atoms with Gasteiger partial charge in [-0.2, -0.15) is 0 Å². The van der Waals surface area contributed by atoms with Gasteiger partial charge in [-0.1, -0.05) is 13.8 Å². The van der Waals surface area contributed by atoms with E-state index in [0.29, 0.717) is 12.8 Å². The van der Waals surface area contributed by atoms with Crippen molar-refractivity contribution >= 4 is 11.6 Å². The van der Waals surface area contributed by atoms with Gasteiger partial charge in [-0.05, 0) is 25.0 Å². The molecule has 0 radical (unpaired) electrons. The number of rotatable bonds is 4. The normalized spacial score (nSPS) is 11.4. The second kappa shape index (κ2) is 5.23. The van der Waals surface area contributed by atoms with Crippen molar-refractivity contribution in [1.29, 1.82) is 0 Å². The Bertz CT molecular complexity index is 417. The summed E-state index contributed by atoms with van der Waals surface area (Å²) in [5, 5.41) is 2.48. The van der Waals surface area contributed by atoms with Crippen molar-refractivity contribution in [3.8, 4) is 0 Å². The average molecular weight is 242 g/mol. The number of amides is 1. The zero-order valence-electron chi connectivity index (χ0n) is 9.89. The van der Waals surface area contributed by atoms with Gasteiger partial charge in [0.2, 0.25) is 5.91 Å². The molecule has 0 aromatic heterocycles. The van der Waals surface area contributed by atoms with E-state index in [-0.39, 0.29) is 5.69 Å². The highest BCUT2D eigenvalue weighted by atomic mass is 19.2. The average Bonchev–Trinajstić information content (AvgIpc) is 2.32. The van der Waals surface area contributed by atoms with Crippen LogP contribution < -0.4 is 11.1 Å². The highest BCUT2D eigenvalue weighted by molar-refractivity contribution is 5.97. The first-order chi connectivity index (χ1) is 7.92. The molecule has 5 heteroatoms. The van der Waals surface area contributed by atoms with E-state index < -0.39 is 23.1 Å². The molecule has 0 bridgehead atoms. The van der Waals surface area contributed by atoms with E-state index in [4.69, 9.17) is 5.73 Å². The fraction of sp³-hybridized carbons (Fsp3) is 0.417. The third kappa shape index (κ3) is 3.00. The van der Waals surface area contributed by atoms with Gasteiger partial charge in [-0.3, -0.25) is 4.79 Å². The van der Waals surface area contributed by atoms with Crippen LogP contribution in [0.5, 0.6) is 0 Å². The van der Waals surface area contributed by atoms with E-state index >= 15 is 0 Å². The molecular weight excluding hydrogens is 226 g/mol. The minimum atomic E-state index is -1.00. The molecule has 0 atom stereocenters. The number of nitrogens with two attached hydrogens (primary N) is 1. The van der Waals surface area contributed by atoms with Crippen LogP contribution in [-0.4, -0.2) is 11.4 Å². The molecule has 1 amide bonds. The molecule has 3 N–H and O–H groups in total. The summed E-state index contributed by atoms with van der Waals surface area (Å²) in [6.07, 6.45) is 0.942. The van der Waals surface area contributed by atoms with E-state index in [0.717, 1.165) is 12.1 Å². The summed E-state index contributed by atoms with van der Waals surface area (Å²) < 4.78 is 25.6. The van der Waals surface area contributed by atoms with Gasteiger partial charge in [0.05, 0.1) is 5.54 Å². The number of halogens is 2. The third-order valence-corrected chi connectivity index (χ3v) is 2.89. The van der Waals surface area contributed by atoms with Crippen LogP contribution in [0.3, 0.4) is 0 Å². The molecule has 1 rings (SSSR count). The van der Waals surface area contributed by atoms with Crippen molar-refractivity contribution in [3.63, 3.8) is 0 Å². The minimum Gasteiger partial charge on any atom is -0.324 e. The summed E-state index contributed by atoms with van der Waals surface area (Å²) in [5.74, 6) is -2.35. The molecule has 0 saturated heterocycles. The molecule has 0 heterocycles. The number of anilines is 1. The van der Waals surface area contributed by atoms with E-state index in [9.17, 15) is 13.6 Å². The summed E-state index contributed by atoms with van der Waals surface area (Å²) in [6, 6.07) is 3.18. The molecule has 0 aliphatic heterocycles. The Labute approximate surface area is 99.0 Å². The Morgan fingerprint density at radius 1 is 1.29 bits per heavy atom. The van der Waals surface area contributed by atoms with Gasteiger partial charge in [0, 0.05) is 11.8 Å². The standard InChI is InChI=1S/C12H16F2N2O/c1-3-12(15,4-2)11(17)16-8-5-6-9(13)10(14)7-8/h5-7H,3-4,15H2,1-2H3,(H,16,17). The number of hydrogen-bond acceptors (Lipinski definition) is 2. The van der Waals surface area contributed by atoms with Crippen molar-refractivity contribution in [2.45, 2.75) is 32.2 Å². The second-order valence-corrected chi connectivity index (χ2v) is 3.95. The molecule has 3 nitrogen and oxygen atoms in total. The number of carbonyl (C=O) groups is 1. The van der Waals surface area contributed by atoms with Crippen LogP contribution in [0, 0.1) is 11.6 Å². The van der Waals surface area contributed by atoms with E-state index in [2.05, 4.69) is 5.32 Å². The van der Waals surface area contributed by atoms with E-state index in [1.807, 2.05) is 0 Å². The van der Waals surface area contributed by atoms with Gasteiger partial charge in [0.15, 0.2) is 11.6 Å². The first-order valence-corrected chi connectivity index (χ1v) is 5.48. The summed E-state index contributed by atoms with van der Waals surface area (Å²) in [4.78, 5) is 11.8. The van der Waals surface area contributed by atoms with Crippen molar-refractivity contribution in [3.05, 3.63) is 29.8 Å². The van der Waals surface area contributed by atoms with Crippen LogP contribution in [0.4, 0.5) is 14.5 Å². The lowest BCUT2D eigenvalue weighted by molar-refractivity contribution is -0.121. The van der Waals surface area contributed by atoms with Crippen LogP contribution in [0.1, 0.15) is 26.7 Å². The third-order valence-electron chi connectivity index (χ3n) is 2.89. The van der Waals surface area contributed by atoms with Gasteiger partial charge in [0.25, 0.3) is 0 Å². The highest BCUT2D eigenvalue weighted by Crippen LogP contribution is 2.17. The van der Waals surface area contributed by atoms with Crippen molar-refractivity contribution < 1.29 is 13.6 Å². The lowest BCUT2D eigenvalue weighted by Crippen LogP contribution is -2.50. The predicted molar refractivity (Wildman–Crippen MR) is 62.5 cm³/mol. The molecule has 0 aliphatic rings. The Morgan fingerprint density at radius 2 is 1.88 bits per heavy atom. The zero-order valence-corrected chi connectivity index (χ0v) is 9.89. The highest BCUT2D eigenvalue weighted by Gasteiger charge is 2.29. The topological polar surface area (TPSA) is 55.1 Å². The quantitative estimate of drug-likeness (QED) is 0.852. The maximum absolute atomic E-state index is 12.9. The number of benzene rings is 1. The lowest BCUT2D eigenvalue weighted by atomic mass is 9.93. The molecular formula is C12H16F2N2O. The fourth-order valence-corrected chi connectivity index (χ4v) is 1.40. The van der Waals surface area contributed by atoms with Crippen molar-refractivity contribution in [2.24, 2.45) is 5.73 Å². The van der Waals surface area contributed by atoms with E-state index in [1.54, 1.807) is 13.8 Å². The lowest BCUT2D eigenvalue weighted by Gasteiger charge is -2.25. The van der Waals surface area contributed by atoms with E-state index in [1.165, 1.54) is 6.07 Å². The van der Waals surface area contributed by atoms with Gasteiger partial charge < -0.3 is 11.1 Å². The minimum absolute atomic E-state index is 0.200. The van der Waals surface area contributed by atoms with Gasteiger partial charge in [-0.25, -0.2) is 8.78 Å². The van der Waals surface area contributed by atoms with Crippen LogP contribution in [0.25, 0.3) is 0 Å². The molecule has 0 spiro atoms. The maximum atomic E-state index is 12.9. The molecule has 94 valence electrons. The van der Waals surface area contributed by atoms with Crippen LogP contribution in [0.15, 0.2) is 18.2 Å². The SMILES string of the molecule is CCC(N)(CC)C(=O)Nc1ccc(F)c(F)c1. The number of hydrogen-bond donors (Lipinski definition) is 2. The fourth-order valence-electron chi connectivity index (χ4n) is 1.40. The van der Waals surface area contributed by atoms with Crippen LogP contribution >= 0.6 is 0 Å². The smallest absolute Gasteiger partial charge is 0.244 e. The Kier molecular flexibility index (Phi) is 4.17.